The summed E-state index contributed by atoms with van der Waals surface area (Å²) in [4.78, 5) is 2.07. The molecule has 0 aliphatic carbocycles. The summed E-state index contributed by atoms with van der Waals surface area (Å²) < 4.78 is 5.54. The molecule has 0 saturated heterocycles. The predicted molar refractivity (Wildman–Crippen MR) is 64.5 cm³/mol. The van der Waals surface area contributed by atoms with Gasteiger partial charge in [0.1, 0.15) is 19.0 Å². The lowest BCUT2D eigenvalue weighted by Gasteiger charge is -2.10. The molecule has 1 aromatic carbocycles. The summed E-state index contributed by atoms with van der Waals surface area (Å²) in [5, 5.41) is 8.55. The van der Waals surface area contributed by atoms with Crippen LogP contribution in [0.4, 0.5) is 0 Å². The van der Waals surface area contributed by atoms with Gasteiger partial charge in [-0.3, -0.25) is 0 Å². The number of likely N-dealkylation sites (N-methyl/N-ethyl adjacent to an activating group) is 1. The quantitative estimate of drug-likeness (QED) is 0.766. The molecule has 1 N–H and O–H groups in total. The van der Waals surface area contributed by atoms with Crippen molar-refractivity contribution in [3.05, 3.63) is 29.8 Å². The number of hydrogen-bond donors (Lipinski definition) is 1. The highest BCUT2D eigenvalue weighted by Gasteiger charge is 1.94. The van der Waals surface area contributed by atoms with Crippen molar-refractivity contribution >= 4 is 0 Å². The normalized spacial score (nSPS) is 9.75. The van der Waals surface area contributed by atoms with Crippen molar-refractivity contribution in [3.63, 3.8) is 0 Å². The molecule has 0 bridgehead atoms. The fourth-order valence-corrected chi connectivity index (χ4v) is 1.12. The molecule has 0 heterocycles. The summed E-state index contributed by atoms with van der Waals surface area (Å²) in [5.41, 5.74) is 0.883. The summed E-state index contributed by atoms with van der Waals surface area (Å²) in [6, 6.07) is 7.54. The van der Waals surface area contributed by atoms with E-state index < -0.39 is 0 Å². The second-order valence-corrected chi connectivity index (χ2v) is 3.64. The molecule has 0 unspecified atom stereocenters. The Morgan fingerprint density at radius 2 is 1.94 bits per heavy atom. The summed E-state index contributed by atoms with van der Waals surface area (Å²) in [6.45, 7) is 1.46. The molecule has 0 atom stereocenters. The molecule has 3 nitrogen and oxygen atoms in total. The molecule has 3 heteroatoms. The average molecular weight is 219 g/mol. The van der Waals surface area contributed by atoms with E-state index in [0.717, 1.165) is 17.9 Å². The number of hydrogen-bond acceptors (Lipinski definition) is 3. The van der Waals surface area contributed by atoms with Gasteiger partial charge in [-0.15, -0.1) is 0 Å². The van der Waals surface area contributed by atoms with Crippen LogP contribution in [0, 0.1) is 11.8 Å². The van der Waals surface area contributed by atoms with E-state index in [4.69, 9.17) is 9.84 Å². The second kappa shape index (κ2) is 6.89. The van der Waals surface area contributed by atoms with Gasteiger partial charge in [-0.05, 0) is 38.4 Å². The Morgan fingerprint density at radius 1 is 1.25 bits per heavy atom. The predicted octanol–water partition coefficient (Wildman–Crippen LogP) is 0.971. The third kappa shape index (κ3) is 4.83. The molecule has 0 aliphatic heterocycles. The maximum Gasteiger partial charge on any atom is 0.119 e. The summed E-state index contributed by atoms with van der Waals surface area (Å²) in [6.07, 6.45) is 0. The van der Waals surface area contributed by atoms with Crippen LogP contribution < -0.4 is 4.74 Å². The lowest BCUT2D eigenvalue weighted by atomic mass is 10.2. The Kier molecular flexibility index (Phi) is 5.41. The van der Waals surface area contributed by atoms with Crippen LogP contribution in [-0.2, 0) is 0 Å². The molecule has 0 amide bonds. The highest BCUT2D eigenvalue weighted by Crippen LogP contribution is 2.11. The molecule has 0 aliphatic rings. The lowest BCUT2D eigenvalue weighted by molar-refractivity contribution is 0.261. The molecule has 0 spiro atoms. The molecule has 1 rings (SSSR count). The van der Waals surface area contributed by atoms with Gasteiger partial charge >= 0.3 is 0 Å². The SMILES string of the molecule is CN(C)CCOc1ccc(C#CCO)cc1. The van der Waals surface area contributed by atoms with Crippen LogP contribution in [0.3, 0.4) is 0 Å². The van der Waals surface area contributed by atoms with E-state index in [1.54, 1.807) is 0 Å². The first-order valence-electron chi connectivity index (χ1n) is 5.19. The minimum absolute atomic E-state index is 0.110. The monoisotopic (exact) mass is 219 g/mol. The first-order chi connectivity index (χ1) is 7.72. The highest BCUT2D eigenvalue weighted by atomic mass is 16.5. The van der Waals surface area contributed by atoms with Crippen molar-refractivity contribution in [2.45, 2.75) is 0 Å². The number of aliphatic hydroxyl groups is 1. The average Bonchev–Trinajstić information content (AvgIpc) is 2.27. The van der Waals surface area contributed by atoms with E-state index >= 15 is 0 Å². The number of benzene rings is 1. The zero-order chi connectivity index (χ0) is 11.8. The van der Waals surface area contributed by atoms with Crippen molar-refractivity contribution in [2.75, 3.05) is 33.9 Å². The summed E-state index contributed by atoms with van der Waals surface area (Å²) >= 11 is 0. The fourth-order valence-electron chi connectivity index (χ4n) is 1.12. The van der Waals surface area contributed by atoms with Crippen LogP contribution in [0.2, 0.25) is 0 Å². The smallest absolute Gasteiger partial charge is 0.119 e. The first kappa shape index (κ1) is 12.6. The van der Waals surface area contributed by atoms with Gasteiger partial charge in [0.25, 0.3) is 0 Å². The van der Waals surface area contributed by atoms with Crippen molar-refractivity contribution in [1.29, 1.82) is 0 Å². The van der Waals surface area contributed by atoms with Crippen molar-refractivity contribution < 1.29 is 9.84 Å². The van der Waals surface area contributed by atoms with Gasteiger partial charge in [0.2, 0.25) is 0 Å². The maximum atomic E-state index is 8.55. The van der Waals surface area contributed by atoms with E-state index in [-0.39, 0.29) is 6.61 Å². The highest BCUT2D eigenvalue weighted by molar-refractivity contribution is 5.38. The van der Waals surface area contributed by atoms with E-state index in [9.17, 15) is 0 Å². The standard InChI is InChI=1S/C13H17NO2/c1-14(2)9-11-16-13-7-5-12(6-8-13)4-3-10-15/h5-8,15H,9-11H2,1-2H3. The van der Waals surface area contributed by atoms with Gasteiger partial charge in [-0.25, -0.2) is 0 Å². The van der Waals surface area contributed by atoms with Crippen LogP contribution in [0.1, 0.15) is 5.56 Å². The Balaban J connectivity index is 2.45. The summed E-state index contributed by atoms with van der Waals surface area (Å²) in [7, 11) is 4.02. The zero-order valence-corrected chi connectivity index (χ0v) is 9.73. The molecule has 1 aromatic rings. The second-order valence-electron chi connectivity index (χ2n) is 3.64. The summed E-state index contributed by atoms with van der Waals surface area (Å²) in [5.74, 6) is 6.28. The fraction of sp³-hybridized carbons (Fsp3) is 0.385. The third-order valence-electron chi connectivity index (χ3n) is 1.97. The largest absolute Gasteiger partial charge is 0.492 e. The minimum Gasteiger partial charge on any atom is -0.492 e. The van der Waals surface area contributed by atoms with Crippen molar-refractivity contribution in [2.24, 2.45) is 0 Å². The topological polar surface area (TPSA) is 32.7 Å². The van der Waals surface area contributed by atoms with Crippen molar-refractivity contribution in [1.82, 2.24) is 4.90 Å². The molecule has 0 saturated carbocycles. The van der Waals surface area contributed by atoms with Gasteiger partial charge in [-0.2, -0.15) is 0 Å². The first-order valence-corrected chi connectivity index (χ1v) is 5.19. The molecule has 0 radical (unpaired) electrons. The third-order valence-corrected chi connectivity index (χ3v) is 1.97. The molecule has 16 heavy (non-hydrogen) atoms. The number of rotatable bonds is 4. The van der Waals surface area contributed by atoms with Gasteiger partial charge in [0, 0.05) is 12.1 Å². The van der Waals surface area contributed by atoms with Crippen LogP contribution in [0.5, 0.6) is 5.75 Å². The van der Waals surface area contributed by atoms with Gasteiger partial charge in [-0.1, -0.05) is 11.8 Å². The van der Waals surface area contributed by atoms with Crippen LogP contribution in [0.25, 0.3) is 0 Å². The zero-order valence-electron chi connectivity index (χ0n) is 9.73. The van der Waals surface area contributed by atoms with E-state index in [1.165, 1.54) is 0 Å². The van der Waals surface area contributed by atoms with Gasteiger partial charge in [0.15, 0.2) is 0 Å². The van der Waals surface area contributed by atoms with Crippen LogP contribution in [0.15, 0.2) is 24.3 Å². The Labute approximate surface area is 96.7 Å². The Hall–Kier alpha value is -1.50. The maximum absolute atomic E-state index is 8.55. The van der Waals surface area contributed by atoms with Crippen LogP contribution in [-0.4, -0.2) is 43.9 Å². The van der Waals surface area contributed by atoms with E-state index in [2.05, 4.69) is 16.7 Å². The Bertz CT molecular complexity index is 360. The lowest BCUT2D eigenvalue weighted by Crippen LogP contribution is -2.19. The molecular weight excluding hydrogens is 202 g/mol. The molecule has 0 aromatic heterocycles. The molecule has 0 fully saturated rings. The molecule has 86 valence electrons. The van der Waals surface area contributed by atoms with E-state index in [1.807, 2.05) is 38.4 Å². The van der Waals surface area contributed by atoms with Crippen molar-refractivity contribution in [3.8, 4) is 17.6 Å². The molecular formula is C13H17NO2. The van der Waals surface area contributed by atoms with Crippen LogP contribution >= 0.6 is 0 Å². The number of aliphatic hydroxyl groups excluding tert-OH is 1. The van der Waals surface area contributed by atoms with Gasteiger partial charge < -0.3 is 14.7 Å². The number of ether oxygens (including phenoxy) is 1. The van der Waals surface area contributed by atoms with E-state index in [0.29, 0.717) is 6.61 Å². The number of nitrogens with zero attached hydrogens (tertiary/aromatic N) is 1. The van der Waals surface area contributed by atoms with Gasteiger partial charge in [0.05, 0.1) is 0 Å². The minimum atomic E-state index is -0.110. The Morgan fingerprint density at radius 3 is 2.50 bits per heavy atom.